The molecular weight excluding hydrogens is 542 g/mol. The van der Waals surface area contributed by atoms with E-state index in [1.165, 1.54) is 0 Å². The van der Waals surface area contributed by atoms with Crippen LogP contribution in [-0.4, -0.2) is 47.6 Å². The second-order valence-corrected chi connectivity index (χ2v) is 10.4. The third-order valence-electron chi connectivity index (χ3n) is 6.03. The van der Waals surface area contributed by atoms with Crippen LogP contribution < -0.4 is 20.1 Å². The van der Waals surface area contributed by atoms with Crippen LogP contribution in [0.25, 0.3) is 6.08 Å². The highest BCUT2D eigenvalue weighted by Crippen LogP contribution is 2.32. The van der Waals surface area contributed by atoms with E-state index in [1.54, 1.807) is 54.6 Å². The second-order valence-electron chi connectivity index (χ2n) is 9.42. The molecule has 0 spiro atoms. The molecule has 0 unspecified atom stereocenters. The van der Waals surface area contributed by atoms with Crippen molar-refractivity contribution in [2.24, 2.45) is 0 Å². The van der Waals surface area contributed by atoms with E-state index in [-0.39, 0.29) is 23.3 Å². The number of hydrogen-bond donors (Lipinski definition) is 2. The molecule has 0 radical (unpaired) electrons. The van der Waals surface area contributed by atoms with Gasteiger partial charge in [0.1, 0.15) is 18.0 Å². The van der Waals surface area contributed by atoms with Gasteiger partial charge < -0.3 is 20.1 Å². The first kappa shape index (κ1) is 29.4. The molecule has 3 aromatic rings. The summed E-state index contributed by atoms with van der Waals surface area (Å²) in [6.45, 7) is 5.97. The molecule has 1 saturated heterocycles. The van der Waals surface area contributed by atoms with Crippen molar-refractivity contribution in [3.05, 3.63) is 88.8 Å². The number of hydrogen-bond acceptors (Lipinski definition) is 7. The van der Waals surface area contributed by atoms with Gasteiger partial charge in [-0.3, -0.25) is 24.1 Å². The Morgan fingerprint density at radius 1 is 0.878 bits per heavy atom. The highest BCUT2D eigenvalue weighted by Gasteiger charge is 2.36. The van der Waals surface area contributed by atoms with Gasteiger partial charge in [-0.15, -0.1) is 0 Å². The van der Waals surface area contributed by atoms with E-state index in [0.717, 1.165) is 27.9 Å². The second kappa shape index (κ2) is 13.7. The van der Waals surface area contributed by atoms with Gasteiger partial charge in [0.15, 0.2) is 6.61 Å². The molecule has 10 heteroatoms. The van der Waals surface area contributed by atoms with Crippen LogP contribution >= 0.6 is 11.8 Å². The van der Waals surface area contributed by atoms with Crippen molar-refractivity contribution in [3.8, 4) is 11.5 Å². The van der Waals surface area contributed by atoms with Gasteiger partial charge in [0, 0.05) is 11.4 Å². The van der Waals surface area contributed by atoms with Crippen LogP contribution in [0.5, 0.6) is 11.5 Å². The topological polar surface area (TPSA) is 114 Å². The molecule has 0 aliphatic carbocycles. The van der Waals surface area contributed by atoms with Gasteiger partial charge in [0.25, 0.3) is 17.1 Å². The zero-order valence-electron chi connectivity index (χ0n) is 23.0. The lowest BCUT2D eigenvalue weighted by molar-refractivity contribution is -0.127. The van der Waals surface area contributed by atoms with E-state index >= 15 is 0 Å². The summed E-state index contributed by atoms with van der Waals surface area (Å²) >= 11 is 0.772. The van der Waals surface area contributed by atoms with E-state index in [9.17, 15) is 19.2 Å². The lowest BCUT2D eigenvalue weighted by atomic mass is 10.0. The van der Waals surface area contributed by atoms with Crippen LogP contribution in [0.4, 0.5) is 16.2 Å². The minimum atomic E-state index is -0.541. The molecular formula is C31H31N3O6S. The molecule has 212 valence electrons. The number of anilines is 2. The number of rotatable bonds is 11. The van der Waals surface area contributed by atoms with E-state index < -0.39 is 23.6 Å². The summed E-state index contributed by atoms with van der Waals surface area (Å²) in [5.74, 6) is 0.116. The fraction of sp³-hybridized carbons (Fsp3) is 0.226. The van der Waals surface area contributed by atoms with Gasteiger partial charge in [0.05, 0.1) is 11.5 Å². The van der Waals surface area contributed by atoms with Crippen molar-refractivity contribution in [2.45, 2.75) is 26.7 Å². The molecule has 41 heavy (non-hydrogen) atoms. The van der Waals surface area contributed by atoms with Crippen molar-refractivity contribution in [2.75, 3.05) is 30.4 Å². The van der Waals surface area contributed by atoms with E-state index in [4.69, 9.17) is 9.47 Å². The fourth-order valence-corrected chi connectivity index (χ4v) is 4.88. The molecule has 0 aromatic heterocycles. The Morgan fingerprint density at radius 3 is 2.22 bits per heavy atom. The number of imide groups is 1. The maximum Gasteiger partial charge on any atom is 0.294 e. The third kappa shape index (κ3) is 7.98. The molecule has 2 N–H and O–H groups in total. The number of para-hydroxylation sites is 1. The Balaban J connectivity index is 1.29. The van der Waals surface area contributed by atoms with Crippen LogP contribution in [0.15, 0.2) is 77.7 Å². The Hall–Kier alpha value is -4.57. The van der Waals surface area contributed by atoms with E-state index in [2.05, 4.69) is 24.5 Å². The monoisotopic (exact) mass is 573 g/mol. The molecule has 1 fully saturated rings. The number of thioether (sulfide) groups is 1. The van der Waals surface area contributed by atoms with Crippen molar-refractivity contribution in [1.29, 1.82) is 0 Å². The van der Waals surface area contributed by atoms with Crippen molar-refractivity contribution < 1.29 is 28.7 Å². The molecule has 4 rings (SSSR count). The minimum absolute atomic E-state index is 0.163. The van der Waals surface area contributed by atoms with Crippen molar-refractivity contribution in [3.63, 3.8) is 0 Å². The highest BCUT2D eigenvalue weighted by atomic mass is 32.2. The Bertz CT molecular complexity index is 1450. The highest BCUT2D eigenvalue weighted by molar-refractivity contribution is 8.18. The Morgan fingerprint density at radius 2 is 1.54 bits per heavy atom. The van der Waals surface area contributed by atoms with Crippen LogP contribution in [0, 0.1) is 0 Å². The molecule has 3 aromatic carbocycles. The lowest BCUT2D eigenvalue weighted by Crippen LogP contribution is -2.36. The number of benzene rings is 3. The molecule has 4 amide bonds. The maximum atomic E-state index is 12.8. The summed E-state index contributed by atoms with van der Waals surface area (Å²) in [6.07, 6.45) is 1.58. The van der Waals surface area contributed by atoms with Gasteiger partial charge >= 0.3 is 0 Å². The van der Waals surface area contributed by atoms with Gasteiger partial charge in [-0.05, 0) is 84.3 Å². The average Bonchev–Trinajstić information content (AvgIpc) is 3.21. The number of carbonyl (C=O) groups excluding carboxylic acids is 4. The SMILES string of the molecule is CCOc1ccc(NC(=O)CN2C(=O)S/C(=C/c3ccc(OCC(=O)Nc4ccccc4C(C)C)cc3)C2=O)cc1. The number of carbonyl (C=O) groups is 4. The quantitative estimate of drug-likeness (QED) is 0.275. The van der Waals surface area contributed by atoms with Crippen LogP contribution in [-0.2, 0) is 14.4 Å². The van der Waals surface area contributed by atoms with Gasteiger partial charge in [-0.1, -0.05) is 44.2 Å². The fourth-order valence-electron chi connectivity index (χ4n) is 4.04. The van der Waals surface area contributed by atoms with E-state index in [0.29, 0.717) is 29.4 Å². The predicted octanol–water partition coefficient (Wildman–Crippen LogP) is 5.90. The standard InChI is InChI=1S/C31H31N3O6S/c1-4-39-23-15-11-22(12-16-23)32-28(35)18-34-30(37)27(41-31(34)38)17-21-9-13-24(14-10-21)40-19-29(36)33-26-8-6-5-7-25(26)20(2)3/h5-17,20H,4,18-19H2,1-3H3,(H,32,35)(H,33,36)/b27-17+. The largest absolute Gasteiger partial charge is 0.494 e. The number of amides is 4. The summed E-state index contributed by atoms with van der Waals surface area (Å²) in [7, 11) is 0. The average molecular weight is 574 g/mol. The maximum absolute atomic E-state index is 12.8. The first-order valence-corrected chi connectivity index (χ1v) is 13.9. The van der Waals surface area contributed by atoms with Gasteiger partial charge in [-0.25, -0.2) is 0 Å². The first-order chi connectivity index (χ1) is 19.7. The smallest absolute Gasteiger partial charge is 0.294 e. The first-order valence-electron chi connectivity index (χ1n) is 13.1. The molecule has 0 bridgehead atoms. The predicted molar refractivity (Wildman–Crippen MR) is 160 cm³/mol. The number of ether oxygens (including phenoxy) is 2. The molecule has 1 heterocycles. The van der Waals surface area contributed by atoms with Gasteiger partial charge in [-0.2, -0.15) is 0 Å². The molecule has 1 aliphatic rings. The van der Waals surface area contributed by atoms with Crippen LogP contribution in [0.3, 0.4) is 0 Å². The normalized spacial score (nSPS) is 14.0. The molecule has 0 atom stereocenters. The zero-order valence-corrected chi connectivity index (χ0v) is 23.8. The molecule has 0 saturated carbocycles. The third-order valence-corrected chi connectivity index (χ3v) is 6.94. The summed E-state index contributed by atoms with van der Waals surface area (Å²) in [5, 5.41) is 5.04. The van der Waals surface area contributed by atoms with Gasteiger partial charge in [0.2, 0.25) is 5.91 Å². The zero-order chi connectivity index (χ0) is 29.4. The Kier molecular flexibility index (Phi) is 9.81. The van der Waals surface area contributed by atoms with Crippen LogP contribution in [0.1, 0.15) is 37.8 Å². The van der Waals surface area contributed by atoms with E-state index in [1.807, 2.05) is 31.2 Å². The molecule has 9 nitrogen and oxygen atoms in total. The number of nitrogens with one attached hydrogen (secondary N) is 2. The Labute approximate surface area is 242 Å². The molecule has 1 aliphatic heterocycles. The summed E-state index contributed by atoms with van der Waals surface area (Å²) in [5.41, 5.74) is 3.00. The summed E-state index contributed by atoms with van der Waals surface area (Å²) < 4.78 is 11.0. The van der Waals surface area contributed by atoms with Crippen LogP contribution in [0.2, 0.25) is 0 Å². The summed E-state index contributed by atoms with van der Waals surface area (Å²) in [6, 6.07) is 21.2. The lowest BCUT2D eigenvalue weighted by Gasteiger charge is -2.14. The van der Waals surface area contributed by atoms with Crippen molar-refractivity contribution >= 4 is 52.2 Å². The van der Waals surface area contributed by atoms with Crippen molar-refractivity contribution in [1.82, 2.24) is 4.90 Å². The number of nitrogens with zero attached hydrogens (tertiary/aromatic N) is 1. The summed E-state index contributed by atoms with van der Waals surface area (Å²) in [4.78, 5) is 51.3. The minimum Gasteiger partial charge on any atom is -0.494 e.